The van der Waals surface area contributed by atoms with Gasteiger partial charge in [0.15, 0.2) is 11.6 Å². The van der Waals surface area contributed by atoms with Crippen molar-refractivity contribution < 1.29 is 13.6 Å². The largest absolute Gasteiger partial charge is 0.349 e. The standard InChI is InChI=1S/C19H15ClF2N2OS/c1-11(13-4-7-16(21)17(22)8-13)23-18(25)9-15-10-26-19(24-15)12-2-5-14(20)6-3-12/h2-8,10-11H,9H2,1H3,(H,23,25). The number of halogens is 3. The van der Waals surface area contributed by atoms with Crippen LogP contribution in [-0.4, -0.2) is 10.9 Å². The van der Waals surface area contributed by atoms with E-state index >= 15 is 0 Å². The van der Waals surface area contributed by atoms with E-state index < -0.39 is 17.7 Å². The second-order valence-corrected chi connectivity index (χ2v) is 7.08. The summed E-state index contributed by atoms with van der Waals surface area (Å²) in [5, 5.41) is 6.05. The molecule has 0 aliphatic heterocycles. The van der Waals surface area contributed by atoms with Gasteiger partial charge >= 0.3 is 0 Å². The summed E-state index contributed by atoms with van der Waals surface area (Å²) in [6, 6.07) is 10.5. The number of aromatic nitrogens is 1. The molecule has 3 aromatic rings. The molecule has 7 heteroatoms. The van der Waals surface area contributed by atoms with Gasteiger partial charge in [0.2, 0.25) is 5.91 Å². The molecule has 0 saturated heterocycles. The van der Waals surface area contributed by atoms with E-state index in [4.69, 9.17) is 11.6 Å². The van der Waals surface area contributed by atoms with E-state index in [0.717, 1.165) is 22.7 Å². The van der Waals surface area contributed by atoms with Gasteiger partial charge in [0.25, 0.3) is 0 Å². The lowest BCUT2D eigenvalue weighted by molar-refractivity contribution is -0.121. The minimum atomic E-state index is -0.935. The van der Waals surface area contributed by atoms with E-state index in [0.29, 0.717) is 16.3 Å². The zero-order valence-electron chi connectivity index (χ0n) is 13.8. The van der Waals surface area contributed by atoms with Crippen LogP contribution in [0.3, 0.4) is 0 Å². The summed E-state index contributed by atoms with van der Waals surface area (Å²) in [7, 11) is 0. The maximum absolute atomic E-state index is 13.3. The van der Waals surface area contributed by atoms with Gasteiger partial charge in [-0.15, -0.1) is 11.3 Å². The van der Waals surface area contributed by atoms with Gasteiger partial charge in [-0.2, -0.15) is 0 Å². The van der Waals surface area contributed by atoms with Crippen molar-refractivity contribution in [2.24, 2.45) is 0 Å². The smallest absolute Gasteiger partial charge is 0.226 e. The molecule has 1 amide bonds. The molecule has 1 atom stereocenters. The Hall–Kier alpha value is -2.31. The van der Waals surface area contributed by atoms with Crippen LogP contribution < -0.4 is 5.32 Å². The van der Waals surface area contributed by atoms with Gasteiger partial charge in [-0.05, 0) is 36.8 Å². The fourth-order valence-corrected chi connectivity index (χ4v) is 3.39. The number of rotatable bonds is 5. The summed E-state index contributed by atoms with van der Waals surface area (Å²) >= 11 is 7.32. The Morgan fingerprint density at radius 2 is 1.92 bits per heavy atom. The number of benzene rings is 2. The SMILES string of the molecule is CC(NC(=O)Cc1csc(-c2ccc(Cl)cc2)n1)c1ccc(F)c(F)c1. The molecule has 0 radical (unpaired) electrons. The molecule has 1 N–H and O–H groups in total. The van der Waals surface area contributed by atoms with Crippen LogP contribution in [0.2, 0.25) is 5.02 Å². The summed E-state index contributed by atoms with van der Waals surface area (Å²) in [5.74, 6) is -2.09. The maximum atomic E-state index is 13.3. The second kappa shape index (κ2) is 7.93. The minimum Gasteiger partial charge on any atom is -0.349 e. The van der Waals surface area contributed by atoms with Crippen LogP contribution in [0, 0.1) is 11.6 Å². The normalized spacial score (nSPS) is 12.0. The number of nitrogens with one attached hydrogen (secondary N) is 1. The molecule has 1 heterocycles. The first-order valence-electron chi connectivity index (χ1n) is 7.87. The number of amides is 1. The second-order valence-electron chi connectivity index (χ2n) is 5.79. The highest BCUT2D eigenvalue weighted by molar-refractivity contribution is 7.13. The molecule has 0 aliphatic carbocycles. The van der Waals surface area contributed by atoms with Crippen LogP contribution >= 0.6 is 22.9 Å². The Morgan fingerprint density at radius 3 is 2.62 bits per heavy atom. The van der Waals surface area contributed by atoms with Crippen LogP contribution in [0.5, 0.6) is 0 Å². The fourth-order valence-electron chi connectivity index (χ4n) is 2.44. The first-order valence-corrected chi connectivity index (χ1v) is 9.13. The monoisotopic (exact) mass is 392 g/mol. The molecule has 0 aliphatic rings. The molecule has 3 rings (SSSR count). The number of nitrogens with zero attached hydrogens (tertiary/aromatic N) is 1. The third-order valence-electron chi connectivity index (χ3n) is 3.81. The molecular formula is C19H15ClF2N2OS. The first kappa shape index (κ1) is 18.5. The lowest BCUT2D eigenvalue weighted by Gasteiger charge is -2.14. The van der Waals surface area contributed by atoms with E-state index in [-0.39, 0.29) is 12.3 Å². The van der Waals surface area contributed by atoms with Crippen LogP contribution in [-0.2, 0) is 11.2 Å². The third kappa shape index (κ3) is 4.45. The molecule has 3 nitrogen and oxygen atoms in total. The Bertz CT molecular complexity index is 928. The third-order valence-corrected chi connectivity index (χ3v) is 5.00. The lowest BCUT2D eigenvalue weighted by Crippen LogP contribution is -2.28. The van der Waals surface area contributed by atoms with E-state index in [2.05, 4.69) is 10.3 Å². The molecule has 0 spiro atoms. The maximum Gasteiger partial charge on any atom is 0.226 e. The molecule has 1 aromatic heterocycles. The highest BCUT2D eigenvalue weighted by atomic mass is 35.5. The van der Waals surface area contributed by atoms with Crippen molar-refractivity contribution in [1.29, 1.82) is 0 Å². The van der Waals surface area contributed by atoms with Crippen molar-refractivity contribution in [2.75, 3.05) is 0 Å². The van der Waals surface area contributed by atoms with Gasteiger partial charge < -0.3 is 5.32 Å². The Balaban J connectivity index is 1.63. The first-order chi connectivity index (χ1) is 12.4. The summed E-state index contributed by atoms with van der Waals surface area (Å²) in [4.78, 5) is 16.7. The minimum absolute atomic E-state index is 0.109. The number of hydrogen-bond donors (Lipinski definition) is 1. The van der Waals surface area contributed by atoms with E-state index in [1.807, 2.05) is 17.5 Å². The van der Waals surface area contributed by atoms with Crippen molar-refractivity contribution >= 4 is 28.8 Å². The molecule has 26 heavy (non-hydrogen) atoms. The number of carbonyl (C=O) groups excluding carboxylic acids is 1. The van der Waals surface area contributed by atoms with Gasteiger partial charge in [-0.3, -0.25) is 4.79 Å². The van der Waals surface area contributed by atoms with E-state index in [1.54, 1.807) is 19.1 Å². The van der Waals surface area contributed by atoms with Crippen LogP contribution in [0.25, 0.3) is 10.6 Å². The summed E-state index contributed by atoms with van der Waals surface area (Å²) in [6.45, 7) is 1.71. The predicted octanol–water partition coefficient (Wildman–Crippen LogP) is 5.16. The Kier molecular flexibility index (Phi) is 5.64. The lowest BCUT2D eigenvalue weighted by atomic mass is 10.1. The van der Waals surface area contributed by atoms with Gasteiger partial charge in [0.1, 0.15) is 5.01 Å². The van der Waals surface area contributed by atoms with Gasteiger partial charge in [-0.1, -0.05) is 29.8 Å². The number of carbonyl (C=O) groups is 1. The highest BCUT2D eigenvalue weighted by Gasteiger charge is 2.14. The van der Waals surface area contributed by atoms with Crippen molar-refractivity contribution in [3.05, 3.63) is 75.8 Å². The molecule has 0 fully saturated rings. The predicted molar refractivity (Wildman–Crippen MR) is 99.2 cm³/mol. The van der Waals surface area contributed by atoms with Crippen molar-refractivity contribution in [2.45, 2.75) is 19.4 Å². The topological polar surface area (TPSA) is 42.0 Å². The van der Waals surface area contributed by atoms with Gasteiger partial charge in [0.05, 0.1) is 18.2 Å². The molecule has 0 bridgehead atoms. The molecule has 134 valence electrons. The number of hydrogen-bond acceptors (Lipinski definition) is 3. The zero-order chi connectivity index (χ0) is 18.7. The summed E-state index contributed by atoms with van der Waals surface area (Å²) in [5.41, 5.74) is 2.08. The van der Waals surface area contributed by atoms with Crippen LogP contribution in [0.15, 0.2) is 47.8 Å². The van der Waals surface area contributed by atoms with Crippen LogP contribution in [0.4, 0.5) is 8.78 Å². The van der Waals surface area contributed by atoms with Crippen molar-refractivity contribution in [1.82, 2.24) is 10.3 Å². The average molecular weight is 393 g/mol. The summed E-state index contributed by atoms with van der Waals surface area (Å²) < 4.78 is 26.3. The Morgan fingerprint density at radius 1 is 1.19 bits per heavy atom. The van der Waals surface area contributed by atoms with Crippen molar-refractivity contribution in [3.8, 4) is 10.6 Å². The van der Waals surface area contributed by atoms with Gasteiger partial charge in [-0.25, -0.2) is 13.8 Å². The fraction of sp³-hybridized carbons (Fsp3) is 0.158. The molecule has 1 unspecified atom stereocenters. The molecule has 0 saturated carbocycles. The van der Waals surface area contributed by atoms with Crippen molar-refractivity contribution in [3.63, 3.8) is 0 Å². The highest BCUT2D eigenvalue weighted by Crippen LogP contribution is 2.25. The molecule has 2 aromatic carbocycles. The van der Waals surface area contributed by atoms with Gasteiger partial charge in [0, 0.05) is 16.0 Å². The van der Waals surface area contributed by atoms with Crippen LogP contribution in [0.1, 0.15) is 24.2 Å². The van der Waals surface area contributed by atoms with E-state index in [1.165, 1.54) is 17.4 Å². The van der Waals surface area contributed by atoms with E-state index in [9.17, 15) is 13.6 Å². The quantitative estimate of drug-likeness (QED) is 0.651. The number of thiazole rings is 1. The Labute approximate surface area is 158 Å². The summed E-state index contributed by atoms with van der Waals surface area (Å²) in [6.07, 6.45) is 0.109. The zero-order valence-corrected chi connectivity index (χ0v) is 15.4. The average Bonchev–Trinajstić information content (AvgIpc) is 3.06. The molecular weight excluding hydrogens is 378 g/mol.